The minimum Gasteiger partial charge on any atom is -0.361 e. The number of nitrogens with one attached hydrogen (secondary N) is 1. The average Bonchev–Trinajstić information content (AvgIpc) is 3.37. The predicted molar refractivity (Wildman–Crippen MR) is 153 cm³/mol. The third kappa shape index (κ3) is 5.34. The number of carbonyl (C=O) groups excluding carboxylic acids is 1. The Balaban J connectivity index is 1.00. The summed E-state index contributed by atoms with van der Waals surface area (Å²) in [6, 6.07) is 14.9. The van der Waals surface area contributed by atoms with Crippen LogP contribution in [0, 0.1) is 11.8 Å². The number of aromatic nitrogens is 1. The summed E-state index contributed by atoms with van der Waals surface area (Å²) in [6.45, 7) is 4.17. The lowest BCUT2D eigenvalue weighted by Gasteiger charge is -2.47. The average molecular weight is 537 g/mol. The second-order valence-corrected chi connectivity index (χ2v) is 12.0. The van der Waals surface area contributed by atoms with Gasteiger partial charge in [-0.1, -0.05) is 47.5 Å². The molecule has 3 aliphatic rings. The number of H-pyrrole nitrogens is 1. The molecule has 3 fully saturated rings. The van der Waals surface area contributed by atoms with Crippen LogP contribution in [0.15, 0.2) is 54.7 Å². The second kappa shape index (κ2) is 10.8. The molecule has 194 valence electrons. The van der Waals surface area contributed by atoms with Gasteiger partial charge in [0.05, 0.1) is 10.0 Å². The van der Waals surface area contributed by atoms with Gasteiger partial charge in [0, 0.05) is 42.3 Å². The number of piperidine rings is 2. The Morgan fingerprint density at radius 2 is 1.76 bits per heavy atom. The van der Waals surface area contributed by atoms with Crippen LogP contribution in [0.4, 0.5) is 0 Å². The maximum absolute atomic E-state index is 12.9. The Labute approximate surface area is 229 Å². The van der Waals surface area contributed by atoms with Crippen LogP contribution in [0.25, 0.3) is 17.0 Å². The summed E-state index contributed by atoms with van der Waals surface area (Å²) in [4.78, 5) is 21.2. The number of hydrogen-bond acceptors (Lipinski definition) is 2. The number of para-hydroxylation sites is 1. The van der Waals surface area contributed by atoms with Gasteiger partial charge in [0.2, 0.25) is 5.91 Å². The molecule has 4 nitrogen and oxygen atoms in total. The molecule has 3 aromatic rings. The number of fused-ring (bicyclic) bond motifs is 2. The molecule has 37 heavy (non-hydrogen) atoms. The molecule has 0 spiro atoms. The highest BCUT2D eigenvalue weighted by molar-refractivity contribution is 6.42. The van der Waals surface area contributed by atoms with E-state index in [0.29, 0.717) is 27.9 Å². The van der Waals surface area contributed by atoms with E-state index in [9.17, 15) is 4.79 Å². The number of benzene rings is 2. The lowest BCUT2D eigenvalue weighted by atomic mass is 9.72. The zero-order valence-corrected chi connectivity index (χ0v) is 22.7. The molecule has 1 amide bonds. The number of aromatic amines is 1. The first kappa shape index (κ1) is 25.0. The summed E-state index contributed by atoms with van der Waals surface area (Å²) in [6.07, 6.45) is 13.2. The molecule has 1 aromatic heterocycles. The zero-order valence-electron chi connectivity index (χ0n) is 21.2. The minimum absolute atomic E-state index is 0.103. The van der Waals surface area contributed by atoms with E-state index in [4.69, 9.17) is 23.2 Å². The van der Waals surface area contributed by atoms with Crippen LogP contribution in [0.3, 0.4) is 0 Å². The SMILES string of the molecule is O=C(/C=C/c1ccc(Cl)c(Cl)c1)N1CCC2CC(N3CCC(c4c[nH]c5ccccc45)CC3)CCC2C1. The first-order valence-electron chi connectivity index (χ1n) is 13.8. The van der Waals surface area contributed by atoms with Crippen LogP contribution < -0.4 is 0 Å². The molecule has 2 saturated heterocycles. The quantitative estimate of drug-likeness (QED) is 0.354. The van der Waals surface area contributed by atoms with Crippen molar-refractivity contribution in [3.63, 3.8) is 0 Å². The second-order valence-electron chi connectivity index (χ2n) is 11.2. The van der Waals surface area contributed by atoms with Gasteiger partial charge in [-0.2, -0.15) is 0 Å². The van der Waals surface area contributed by atoms with E-state index in [2.05, 4.69) is 40.3 Å². The van der Waals surface area contributed by atoms with Gasteiger partial charge in [0.15, 0.2) is 0 Å². The molecule has 0 bridgehead atoms. The van der Waals surface area contributed by atoms with Crippen LogP contribution in [0.5, 0.6) is 0 Å². The van der Waals surface area contributed by atoms with E-state index >= 15 is 0 Å². The monoisotopic (exact) mass is 535 g/mol. The Hall–Kier alpha value is -2.27. The molecule has 0 radical (unpaired) electrons. The van der Waals surface area contributed by atoms with Crippen molar-refractivity contribution in [2.45, 2.75) is 50.5 Å². The van der Waals surface area contributed by atoms with Crippen LogP contribution >= 0.6 is 23.2 Å². The summed E-state index contributed by atoms with van der Waals surface area (Å²) in [7, 11) is 0. The van der Waals surface area contributed by atoms with Crippen molar-refractivity contribution in [1.82, 2.24) is 14.8 Å². The number of hydrogen-bond donors (Lipinski definition) is 1. The van der Waals surface area contributed by atoms with Crippen LogP contribution in [0.1, 0.15) is 55.6 Å². The molecule has 2 aliphatic heterocycles. The Morgan fingerprint density at radius 1 is 0.919 bits per heavy atom. The summed E-state index contributed by atoms with van der Waals surface area (Å²) in [5, 5.41) is 2.44. The third-order valence-electron chi connectivity index (χ3n) is 9.12. The fraction of sp³-hybridized carbons (Fsp3) is 0.452. The molecule has 6 heteroatoms. The minimum atomic E-state index is 0.103. The van der Waals surface area contributed by atoms with Crippen molar-refractivity contribution in [2.24, 2.45) is 11.8 Å². The number of amides is 1. The predicted octanol–water partition coefficient (Wildman–Crippen LogP) is 7.38. The number of carbonyl (C=O) groups is 1. The Morgan fingerprint density at radius 3 is 2.59 bits per heavy atom. The van der Waals surface area contributed by atoms with E-state index in [1.54, 1.807) is 18.2 Å². The van der Waals surface area contributed by atoms with Crippen molar-refractivity contribution in [1.29, 1.82) is 0 Å². The van der Waals surface area contributed by atoms with Gasteiger partial charge in [0.25, 0.3) is 0 Å². The number of rotatable bonds is 4. The lowest BCUT2D eigenvalue weighted by Crippen LogP contribution is -2.50. The van der Waals surface area contributed by atoms with Gasteiger partial charge in [0.1, 0.15) is 0 Å². The van der Waals surface area contributed by atoms with Gasteiger partial charge >= 0.3 is 0 Å². The fourth-order valence-corrected chi connectivity index (χ4v) is 7.33. The molecule has 3 atom stereocenters. The number of likely N-dealkylation sites (tertiary alicyclic amines) is 2. The maximum atomic E-state index is 12.9. The molecular formula is C31H35Cl2N3O. The zero-order chi connectivity index (χ0) is 25.4. The van der Waals surface area contributed by atoms with Gasteiger partial charge in [-0.05, 0) is 105 Å². The molecule has 1 N–H and O–H groups in total. The summed E-state index contributed by atoms with van der Waals surface area (Å²) in [5.74, 6) is 2.14. The number of nitrogens with zero attached hydrogens (tertiary/aromatic N) is 2. The van der Waals surface area contributed by atoms with E-state index < -0.39 is 0 Å². The fourth-order valence-electron chi connectivity index (χ4n) is 7.02. The molecular weight excluding hydrogens is 501 g/mol. The third-order valence-corrected chi connectivity index (χ3v) is 9.86. The van der Waals surface area contributed by atoms with Crippen molar-refractivity contribution in [3.8, 4) is 0 Å². The molecule has 3 unspecified atom stereocenters. The van der Waals surface area contributed by atoms with Gasteiger partial charge in [-0.25, -0.2) is 0 Å². The van der Waals surface area contributed by atoms with Crippen molar-refractivity contribution in [3.05, 3.63) is 75.9 Å². The van der Waals surface area contributed by atoms with E-state index in [-0.39, 0.29) is 5.91 Å². The summed E-state index contributed by atoms with van der Waals surface area (Å²) < 4.78 is 0. The highest BCUT2D eigenvalue weighted by Crippen LogP contribution is 2.40. The van der Waals surface area contributed by atoms with Crippen LogP contribution in [-0.4, -0.2) is 52.9 Å². The smallest absolute Gasteiger partial charge is 0.246 e. The Kier molecular flexibility index (Phi) is 7.34. The van der Waals surface area contributed by atoms with Gasteiger partial charge < -0.3 is 14.8 Å². The Bertz CT molecular complexity index is 1290. The summed E-state index contributed by atoms with van der Waals surface area (Å²) >= 11 is 12.1. The van der Waals surface area contributed by atoms with Gasteiger partial charge in [-0.3, -0.25) is 4.79 Å². The normalized spacial score (nSPS) is 25.6. The number of halogens is 2. The topological polar surface area (TPSA) is 39.3 Å². The first-order valence-corrected chi connectivity index (χ1v) is 14.5. The highest BCUT2D eigenvalue weighted by atomic mass is 35.5. The van der Waals surface area contributed by atoms with E-state index in [1.165, 1.54) is 61.7 Å². The van der Waals surface area contributed by atoms with Crippen molar-refractivity contribution >= 4 is 46.1 Å². The van der Waals surface area contributed by atoms with Gasteiger partial charge in [-0.15, -0.1) is 0 Å². The van der Waals surface area contributed by atoms with E-state index in [0.717, 1.165) is 31.0 Å². The van der Waals surface area contributed by atoms with Crippen molar-refractivity contribution in [2.75, 3.05) is 26.2 Å². The van der Waals surface area contributed by atoms with E-state index in [1.807, 2.05) is 17.0 Å². The standard InChI is InChI=1S/C31H35Cl2N3O/c32-28-9-5-21(17-29(28)33)6-10-31(37)36-16-13-23-18-25(8-7-24(23)20-36)35-14-11-22(12-15-35)27-19-34-30-4-2-1-3-26(27)30/h1-6,9-10,17,19,22-25,34H,7-8,11-16,18,20H2/b10-6+. The van der Waals surface area contributed by atoms with Crippen molar-refractivity contribution < 1.29 is 4.79 Å². The summed E-state index contributed by atoms with van der Waals surface area (Å²) in [5.41, 5.74) is 3.66. The molecule has 3 heterocycles. The molecule has 1 aliphatic carbocycles. The largest absolute Gasteiger partial charge is 0.361 e. The maximum Gasteiger partial charge on any atom is 0.246 e. The van der Waals surface area contributed by atoms with Crippen LogP contribution in [-0.2, 0) is 4.79 Å². The lowest BCUT2D eigenvalue weighted by molar-refractivity contribution is -0.129. The molecule has 1 saturated carbocycles. The highest BCUT2D eigenvalue weighted by Gasteiger charge is 2.38. The molecule has 6 rings (SSSR count). The first-order chi connectivity index (χ1) is 18.0. The molecule has 2 aromatic carbocycles. The van der Waals surface area contributed by atoms with Crippen LogP contribution in [0.2, 0.25) is 10.0 Å².